The zero-order valence-electron chi connectivity index (χ0n) is 15.0. The van der Waals surface area contributed by atoms with Crippen LogP contribution in [0.2, 0.25) is 0 Å². The fourth-order valence-corrected chi connectivity index (χ4v) is 4.43. The lowest BCUT2D eigenvalue weighted by molar-refractivity contribution is 0.0982. The molecular weight excluding hydrogens is 393 g/mol. The minimum Gasteiger partial charge on any atom is -0.278 e. The van der Waals surface area contributed by atoms with Crippen LogP contribution in [0.25, 0.3) is 10.2 Å². The lowest BCUT2D eigenvalue weighted by Gasteiger charge is -2.20. The molecule has 0 bridgehead atoms. The Hall–Kier alpha value is -2.77. The van der Waals surface area contributed by atoms with Crippen LogP contribution >= 0.6 is 23.1 Å². The third-order valence-electron chi connectivity index (χ3n) is 4.20. The highest BCUT2D eigenvalue weighted by Gasteiger charge is 2.24. The maximum absolute atomic E-state index is 13.6. The predicted octanol–water partition coefficient (Wildman–Crippen LogP) is 5.40. The van der Waals surface area contributed by atoms with E-state index in [4.69, 9.17) is 0 Å². The van der Waals surface area contributed by atoms with E-state index in [1.165, 1.54) is 35.2 Å². The summed E-state index contributed by atoms with van der Waals surface area (Å²) in [6.45, 7) is 0.282. The van der Waals surface area contributed by atoms with Gasteiger partial charge in [-0.1, -0.05) is 29.5 Å². The number of hydrogen-bond acceptors (Lipinski definition) is 5. The molecule has 2 heterocycles. The van der Waals surface area contributed by atoms with Crippen LogP contribution in [0.3, 0.4) is 0 Å². The lowest BCUT2D eigenvalue weighted by Crippen LogP contribution is -2.31. The number of fused-ring (bicyclic) bond motifs is 1. The van der Waals surface area contributed by atoms with Crippen LogP contribution in [0.5, 0.6) is 0 Å². The number of nitrogens with zero attached hydrogens (tertiary/aromatic N) is 3. The summed E-state index contributed by atoms with van der Waals surface area (Å²) in [5, 5.41) is 0.521. The summed E-state index contributed by atoms with van der Waals surface area (Å²) in [4.78, 5) is 24.9. The highest BCUT2D eigenvalue weighted by molar-refractivity contribution is 7.98. The van der Waals surface area contributed by atoms with Gasteiger partial charge in [0.2, 0.25) is 0 Å². The molecule has 0 unspecified atom stereocenters. The smallest absolute Gasteiger partial charge is 0.261 e. The minimum absolute atomic E-state index is 0.157. The van der Waals surface area contributed by atoms with Crippen LogP contribution in [0.4, 0.5) is 9.52 Å². The number of rotatable bonds is 5. The third kappa shape index (κ3) is 3.76. The Balaban J connectivity index is 1.79. The van der Waals surface area contributed by atoms with Gasteiger partial charge in [-0.25, -0.2) is 9.37 Å². The first-order valence-electron chi connectivity index (χ1n) is 8.56. The van der Waals surface area contributed by atoms with Gasteiger partial charge < -0.3 is 0 Å². The number of anilines is 1. The first-order valence-corrected chi connectivity index (χ1v) is 10.6. The number of pyridine rings is 1. The van der Waals surface area contributed by atoms with E-state index in [-0.39, 0.29) is 18.3 Å². The number of thiazole rings is 1. The van der Waals surface area contributed by atoms with Crippen LogP contribution in [0.15, 0.2) is 71.8 Å². The number of thioether (sulfide) groups is 1. The summed E-state index contributed by atoms with van der Waals surface area (Å²) in [5.41, 5.74) is 2.03. The molecule has 4 nitrogen and oxygen atoms in total. The molecule has 0 spiro atoms. The van der Waals surface area contributed by atoms with Crippen LogP contribution < -0.4 is 4.90 Å². The van der Waals surface area contributed by atoms with Crippen molar-refractivity contribution >= 4 is 44.4 Å². The van der Waals surface area contributed by atoms with Crippen molar-refractivity contribution < 1.29 is 9.18 Å². The number of halogens is 1. The first kappa shape index (κ1) is 18.6. The van der Waals surface area contributed by atoms with Crippen molar-refractivity contribution in [3.63, 3.8) is 0 Å². The molecule has 0 aliphatic rings. The van der Waals surface area contributed by atoms with Crippen molar-refractivity contribution in [2.75, 3.05) is 11.2 Å². The van der Waals surface area contributed by atoms with Gasteiger partial charge in [-0.2, -0.15) is 0 Å². The van der Waals surface area contributed by atoms with Gasteiger partial charge >= 0.3 is 0 Å². The highest BCUT2D eigenvalue weighted by atomic mass is 32.2. The number of hydrogen-bond donors (Lipinski definition) is 0. The number of amides is 1. The number of carbonyl (C=O) groups is 1. The Morgan fingerprint density at radius 2 is 1.96 bits per heavy atom. The zero-order valence-corrected chi connectivity index (χ0v) is 16.6. The molecular formula is C21H16FN3OS2. The minimum atomic E-state index is -0.321. The second-order valence-corrected chi connectivity index (χ2v) is 7.88. The van der Waals surface area contributed by atoms with Gasteiger partial charge in [0.1, 0.15) is 5.82 Å². The van der Waals surface area contributed by atoms with E-state index in [0.717, 1.165) is 10.6 Å². The highest BCUT2D eigenvalue weighted by Crippen LogP contribution is 2.32. The van der Waals surface area contributed by atoms with Crippen LogP contribution in [-0.2, 0) is 6.54 Å². The summed E-state index contributed by atoms with van der Waals surface area (Å²) >= 11 is 2.81. The van der Waals surface area contributed by atoms with E-state index in [1.807, 2.05) is 48.7 Å². The van der Waals surface area contributed by atoms with Crippen molar-refractivity contribution in [1.29, 1.82) is 0 Å². The lowest BCUT2D eigenvalue weighted by atomic mass is 10.2. The molecule has 0 radical (unpaired) electrons. The Labute approximate surface area is 170 Å². The maximum Gasteiger partial charge on any atom is 0.261 e. The SMILES string of the molecule is CSc1ccccc1C(=O)N(Cc1ccccn1)c1nc2ccc(F)cc2s1. The Morgan fingerprint density at radius 1 is 1.14 bits per heavy atom. The molecule has 0 atom stereocenters. The molecule has 140 valence electrons. The molecule has 0 saturated carbocycles. The van der Waals surface area contributed by atoms with E-state index in [9.17, 15) is 9.18 Å². The van der Waals surface area contributed by atoms with Gasteiger partial charge in [0.15, 0.2) is 5.13 Å². The van der Waals surface area contributed by atoms with Gasteiger partial charge in [-0.05, 0) is 48.7 Å². The molecule has 28 heavy (non-hydrogen) atoms. The predicted molar refractivity (Wildman–Crippen MR) is 113 cm³/mol. The summed E-state index contributed by atoms with van der Waals surface area (Å²) < 4.78 is 14.3. The fraction of sp³-hybridized carbons (Fsp3) is 0.0952. The summed E-state index contributed by atoms with van der Waals surface area (Å²) in [6, 6.07) is 17.5. The second-order valence-electron chi connectivity index (χ2n) is 6.02. The maximum atomic E-state index is 13.6. The van der Waals surface area contributed by atoms with Crippen molar-refractivity contribution in [3.05, 3.63) is 83.9 Å². The molecule has 1 amide bonds. The van der Waals surface area contributed by atoms with Crippen LogP contribution in [-0.4, -0.2) is 22.1 Å². The quantitative estimate of drug-likeness (QED) is 0.414. The molecule has 0 fully saturated rings. The fourth-order valence-electron chi connectivity index (χ4n) is 2.85. The summed E-state index contributed by atoms with van der Waals surface area (Å²) in [7, 11) is 0. The van der Waals surface area contributed by atoms with Gasteiger partial charge in [0, 0.05) is 11.1 Å². The number of carbonyl (C=O) groups excluding carboxylic acids is 1. The second kappa shape index (κ2) is 8.08. The van der Waals surface area contributed by atoms with Crippen molar-refractivity contribution in [3.8, 4) is 0 Å². The van der Waals surface area contributed by atoms with Gasteiger partial charge in [-0.15, -0.1) is 11.8 Å². The van der Waals surface area contributed by atoms with E-state index >= 15 is 0 Å². The zero-order chi connectivity index (χ0) is 19.5. The Bertz CT molecular complexity index is 1130. The molecule has 0 aliphatic heterocycles. The van der Waals surface area contributed by atoms with E-state index < -0.39 is 0 Å². The number of aromatic nitrogens is 2. The molecule has 2 aromatic carbocycles. The van der Waals surface area contributed by atoms with E-state index in [0.29, 0.717) is 20.9 Å². The van der Waals surface area contributed by atoms with Crippen LogP contribution in [0.1, 0.15) is 16.1 Å². The molecule has 0 saturated heterocycles. The van der Waals surface area contributed by atoms with Gasteiger partial charge in [-0.3, -0.25) is 14.7 Å². The summed E-state index contributed by atoms with van der Waals surface area (Å²) in [5.74, 6) is -0.479. The Kier molecular flexibility index (Phi) is 5.36. The molecule has 0 N–H and O–H groups in total. The summed E-state index contributed by atoms with van der Waals surface area (Å²) in [6.07, 6.45) is 3.64. The topological polar surface area (TPSA) is 46.1 Å². The van der Waals surface area contributed by atoms with Crippen molar-refractivity contribution in [1.82, 2.24) is 9.97 Å². The van der Waals surface area contributed by atoms with Gasteiger partial charge in [0.25, 0.3) is 5.91 Å². The molecule has 2 aromatic heterocycles. The standard InChI is InChI=1S/C21H16FN3OS2/c1-27-18-8-3-2-7-16(18)20(26)25(13-15-6-4-5-11-23-15)21-24-17-10-9-14(22)12-19(17)28-21/h2-12H,13H2,1H3. The van der Waals surface area contributed by atoms with E-state index in [1.54, 1.807) is 17.2 Å². The molecule has 7 heteroatoms. The third-order valence-corrected chi connectivity index (χ3v) is 6.04. The van der Waals surface area contributed by atoms with Crippen molar-refractivity contribution in [2.45, 2.75) is 11.4 Å². The molecule has 4 aromatic rings. The van der Waals surface area contributed by atoms with Crippen molar-refractivity contribution in [2.24, 2.45) is 0 Å². The Morgan fingerprint density at radius 3 is 2.75 bits per heavy atom. The molecule has 0 aliphatic carbocycles. The molecule has 4 rings (SSSR count). The van der Waals surface area contributed by atoms with Crippen LogP contribution in [0, 0.1) is 5.82 Å². The normalized spacial score (nSPS) is 10.9. The van der Waals surface area contributed by atoms with Gasteiger partial charge in [0.05, 0.1) is 28.0 Å². The average Bonchev–Trinajstić information content (AvgIpc) is 3.15. The van der Waals surface area contributed by atoms with E-state index in [2.05, 4.69) is 9.97 Å². The monoisotopic (exact) mass is 409 g/mol. The average molecular weight is 410 g/mol. The number of benzene rings is 2. The first-order chi connectivity index (χ1) is 13.7. The largest absolute Gasteiger partial charge is 0.278 e.